The van der Waals surface area contributed by atoms with Gasteiger partial charge in [0.25, 0.3) is 0 Å². The zero-order chi connectivity index (χ0) is 3.41. The lowest BCUT2D eigenvalue weighted by atomic mass is 11.6. The molecule has 0 atom stereocenters. The molecule has 0 amide bonds. The molecule has 0 aliphatic carbocycles. The quantitative estimate of drug-likeness (QED) is 0.520. The zero-order valence-corrected chi connectivity index (χ0v) is 3.46. The first-order valence-electron chi connectivity index (χ1n) is 0.710. The summed E-state index contributed by atoms with van der Waals surface area (Å²) in [6, 6.07) is 0. The van der Waals surface area contributed by atoms with Gasteiger partial charge in [0.1, 0.15) is 16.3 Å². The summed E-state index contributed by atoms with van der Waals surface area (Å²) in [6.07, 6.45) is 0. The van der Waals surface area contributed by atoms with Crippen LogP contribution in [-0.2, 0) is 3.83 Å². The van der Waals surface area contributed by atoms with Crippen LogP contribution in [0.1, 0.15) is 1.43 Å². The van der Waals surface area contributed by atoms with Crippen LogP contribution in [0.4, 0.5) is 4.39 Å². The first kappa shape index (κ1) is 4.37. The van der Waals surface area contributed by atoms with E-state index < -0.39 is 6.86 Å². The van der Waals surface area contributed by atoms with E-state index in [0.717, 1.165) is 0 Å². The maximum Gasteiger partial charge on any atom is 1.00 e. The highest BCUT2D eigenvalue weighted by Gasteiger charge is 1.59. The Balaban J connectivity index is 0. The number of alkyl halides is 1. The third-order valence-corrected chi connectivity index (χ3v) is 0.214. The highest BCUT2D eigenvalue weighted by Crippen LogP contribution is 1.79. The number of halogens is 2. The molecule has 26 valence electrons. The molecule has 4 heavy (non-hydrogen) atoms. The van der Waals surface area contributed by atoms with Crippen LogP contribution in [0.25, 0.3) is 0 Å². The van der Waals surface area contributed by atoms with Crippen molar-refractivity contribution < 1.29 is 9.65 Å². The summed E-state index contributed by atoms with van der Waals surface area (Å²) in [4.78, 5) is 0. The van der Waals surface area contributed by atoms with Crippen LogP contribution >= 0.6 is 16.3 Å². The Morgan fingerprint density at radius 3 is 2.50 bits per heavy atom. The van der Waals surface area contributed by atoms with Crippen LogP contribution in [0.2, 0.25) is 0 Å². The van der Waals surface area contributed by atoms with Crippen molar-refractivity contribution >= 4 is 16.3 Å². The van der Waals surface area contributed by atoms with Crippen molar-refractivity contribution in [2.45, 2.75) is 0 Å². The van der Waals surface area contributed by atoms with E-state index in [1.54, 1.807) is 0 Å². The summed E-state index contributed by atoms with van der Waals surface area (Å²) in [5.74, 6) is 0. The molecule has 0 fully saturated rings. The van der Waals surface area contributed by atoms with E-state index in [1.165, 1.54) is 0 Å². The Hall–Kier alpha value is 0.370. The van der Waals surface area contributed by atoms with Crippen LogP contribution in [0.5, 0.6) is 0 Å². The highest BCUT2D eigenvalue weighted by atomic mass is 79.9. The average Bonchev–Trinajstić information content (AvgIpc) is 1.37. The smallest absolute Gasteiger partial charge is 0.274 e. The lowest BCUT2D eigenvalue weighted by molar-refractivity contribution is 0.239. The summed E-state index contributed by atoms with van der Waals surface area (Å²) in [6.45, 7) is -0.764. The summed E-state index contributed by atoms with van der Waals surface area (Å²) >= 11 is 2.37. The molecular weight excluding hydrogens is 127 g/mol. The fourth-order valence-electron chi connectivity index (χ4n) is 0. The molecule has 1 nitrogen and oxygen atoms in total. The fourth-order valence-corrected chi connectivity index (χ4v) is 0. The lowest BCUT2D eigenvalue weighted by Crippen LogP contribution is -1.59. The predicted molar refractivity (Wildman–Crippen MR) is 17.1 cm³/mol. The minimum atomic E-state index is -0.764. The van der Waals surface area contributed by atoms with Gasteiger partial charge in [-0.2, -0.15) is 0 Å². The molecule has 0 aliphatic heterocycles. The fraction of sp³-hybridized carbons (Fsp3) is 1.00. The molecule has 0 rings (SSSR count). The van der Waals surface area contributed by atoms with Gasteiger partial charge < -0.3 is 0 Å². The standard InChI is InChI=1S/CH2BrFO/c2-4-1-3/h1H2/p+1. The SMILES string of the molecule is FCOBr.[H+]. The second kappa shape index (κ2) is 3.37. The van der Waals surface area contributed by atoms with Gasteiger partial charge in [0.05, 0.1) is 0 Å². The molecule has 0 N–H and O–H groups in total. The van der Waals surface area contributed by atoms with E-state index in [4.69, 9.17) is 0 Å². The third kappa shape index (κ3) is 2.37. The molecule has 0 saturated heterocycles. The van der Waals surface area contributed by atoms with E-state index in [-0.39, 0.29) is 1.43 Å². The molecule has 0 aromatic carbocycles. The van der Waals surface area contributed by atoms with E-state index >= 15 is 0 Å². The van der Waals surface area contributed by atoms with Crippen molar-refractivity contribution in [1.29, 1.82) is 0 Å². The van der Waals surface area contributed by atoms with Crippen LogP contribution < -0.4 is 0 Å². The molecule has 0 heterocycles. The van der Waals surface area contributed by atoms with Gasteiger partial charge in [-0.15, -0.1) is 0 Å². The number of hydrogen-bond acceptors (Lipinski definition) is 1. The van der Waals surface area contributed by atoms with Crippen molar-refractivity contribution in [3.63, 3.8) is 0 Å². The number of rotatable bonds is 1. The minimum Gasteiger partial charge on any atom is -0.274 e. The van der Waals surface area contributed by atoms with Crippen LogP contribution in [0, 0.1) is 0 Å². The molecule has 0 unspecified atom stereocenters. The van der Waals surface area contributed by atoms with Gasteiger partial charge in [-0.1, -0.05) is 0 Å². The topological polar surface area (TPSA) is 9.23 Å². The highest BCUT2D eigenvalue weighted by molar-refractivity contribution is 9.06. The van der Waals surface area contributed by atoms with Crippen LogP contribution in [-0.4, -0.2) is 6.86 Å². The zero-order valence-electron chi connectivity index (χ0n) is 2.87. The summed E-state index contributed by atoms with van der Waals surface area (Å²) in [5, 5.41) is 0. The molecular formula is CH3BrFO+. The lowest BCUT2D eigenvalue weighted by Gasteiger charge is -1.68. The van der Waals surface area contributed by atoms with Gasteiger partial charge in [-0.05, 0) is 0 Å². The first-order valence-corrected chi connectivity index (χ1v) is 1.36. The molecule has 0 saturated carbocycles. The Labute approximate surface area is 33.7 Å². The van der Waals surface area contributed by atoms with E-state index in [9.17, 15) is 4.39 Å². The monoisotopic (exact) mass is 129 g/mol. The maximum atomic E-state index is 10.5. The van der Waals surface area contributed by atoms with E-state index in [0.29, 0.717) is 0 Å². The number of hydrogen-bond donors (Lipinski definition) is 0. The van der Waals surface area contributed by atoms with Gasteiger partial charge in [-0.25, -0.2) is 4.39 Å². The summed E-state index contributed by atoms with van der Waals surface area (Å²) < 4.78 is 14.1. The average molecular weight is 130 g/mol. The molecule has 0 aliphatic rings. The Kier molecular flexibility index (Phi) is 3.68. The van der Waals surface area contributed by atoms with Gasteiger partial charge in [0, 0.05) is 0 Å². The van der Waals surface area contributed by atoms with E-state index in [2.05, 4.69) is 20.1 Å². The minimum absolute atomic E-state index is 0. The van der Waals surface area contributed by atoms with Crippen molar-refractivity contribution in [1.82, 2.24) is 0 Å². The van der Waals surface area contributed by atoms with Crippen LogP contribution in [0.15, 0.2) is 0 Å². The normalized spacial score (nSPS) is 7.50. The summed E-state index contributed by atoms with van der Waals surface area (Å²) in [5.41, 5.74) is 0. The second-order valence-corrected chi connectivity index (χ2v) is 0.676. The third-order valence-electron chi connectivity index (χ3n) is 0.0412. The Bertz CT molecular complexity index is 13.6. The largest absolute Gasteiger partial charge is 1.00 e. The summed E-state index contributed by atoms with van der Waals surface area (Å²) in [7, 11) is 0. The maximum absolute atomic E-state index is 10.5. The molecule has 0 radical (unpaired) electrons. The van der Waals surface area contributed by atoms with Gasteiger partial charge >= 0.3 is 1.43 Å². The van der Waals surface area contributed by atoms with E-state index in [1.807, 2.05) is 0 Å². The van der Waals surface area contributed by atoms with Gasteiger partial charge in [0.15, 0.2) is 0 Å². The Morgan fingerprint density at radius 2 is 2.50 bits per heavy atom. The van der Waals surface area contributed by atoms with Gasteiger partial charge in [-0.3, -0.25) is 3.83 Å². The molecule has 0 bridgehead atoms. The Morgan fingerprint density at radius 1 is 2.25 bits per heavy atom. The molecule has 0 spiro atoms. The van der Waals surface area contributed by atoms with Crippen LogP contribution in [0.3, 0.4) is 0 Å². The van der Waals surface area contributed by atoms with Crippen molar-refractivity contribution in [3.8, 4) is 0 Å². The molecule has 3 heteroatoms. The molecule has 0 aromatic heterocycles. The van der Waals surface area contributed by atoms with Crippen molar-refractivity contribution in [3.05, 3.63) is 0 Å². The van der Waals surface area contributed by atoms with Crippen molar-refractivity contribution in [2.75, 3.05) is 6.86 Å². The molecule has 0 aromatic rings. The first-order chi connectivity index (χ1) is 1.91. The predicted octanol–water partition coefficient (Wildman–Crippen LogP) is 1.35. The van der Waals surface area contributed by atoms with Gasteiger partial charge in [0.2, 0.25) is 6.86 Å². The second-order valence-electron chi connectivity index (χ2n) is 0.218. The van der Waals surface area contributed by atoms with Crippen molar-refractivity contribution in [2.24, 2.45) is 0 Å².